The Bertz CT molecular complexity index is 4720. The van der Waals surface area contributed by atoms with Crippen molar-refractivity contribution in [1.29, 1.82) is 0 Å². The lowest BCUT2D eigenvalue weighted by molar-refractivity contribution is 0.669. The number of hydrogen-bond donors (Lipinski definition) is 0. The highest BCUT2D eigenvalue weighted by Gasteiger charge is 2.20. The molecule has 238 valence electrons. The van der Waals surface area contributed by atoms with Crippen LogP contribution in [0, 0.1) is 0 Å². The molecule has 0 N–H and O–H groups in total. The number of hydrogen-bond acceptors (Lipinski definition) is 1. The fourth-order valence-corrected chi connectivity index (χ4v) is 6.27. The van der Waals surface area contributed by atoms with Gasteiger partial charge in [0, 0.05) is 32.6 Å². The van der Waals surface area contributed by atoms with Gasteiger partial charge in [-0.3, -0.25) is 0 Å². The van der Waals surface area contributed by atoms with Gasteiger partial charge in [0.15, 0.2) is 0 Å². The minimum absolute atomic E-state index is 0.391. The molecule has 3 aromatic heterocycles. The van der Waals surface area contributed by atoms with Crippen LogP contribution >= 0.6 is 0 Å². The van der Waals surface area contributed by atoms with Crippen LogP contribution < -0.4 is 0 Å². The molecule has 0 saturated heterocycles. The van der Waals surface area contributed by atoms with Gasteiger partial charge in [0.1, 0.15) is 11.2 Å². The molecule has 0 fully saturated rings. The molecule has 0 spiro atoms. The van der Waals surface area contributed by atoms with Crippen molar-refractivity contribution in [2.45, 2.75) is 0 Å². The zero-order valence-electron chi connectivity index (χ0n) is 54.4. The van der Waals surface area contributed by atoms with Crippen molar-refractivity contribution >= 4 is 65.6 Å². The van der Waals surface area contributed by atoms with Crippen molar-refractivity contribution in [3.8, 4) is 33.6 Å². The molecule has 0 amide bonds. The van der Waals surface area contributed by atoms with Gasteiger partial charge in [0.2, 0.25) is 0 Å². The van der Waals surface area contributed by atoms with Gasteiger partial charge >= 0.3 is 0 Å². The van der Waals surface area contributed by atoms with Gasteiger partial charge in [-0.05, 0) is 82.7 Å². The van der Waals surface area contributed by atoms with Crippen LogP contribution in [-0.4, -0.2) is 9.13 Å². The quantitative estimate of drug-likeness (QED) is 0.182. The van der Waals surface area contributed by atoms with Gasteiger partial charge in [-0.2, -0.15) is 0 Å². The summed E-state index contributed by atoms with van der Waals surface area (Å²) in [6, 6.07) is -24.6. The molecular formula is C48H30N2O. The van der Waals surface area contributed by atoms with E-state index >= 15 is 0 Å². The van der Waals surface area contributed by atoms with Crippen LogP contribution in [0.15, 0.2) is 186 Å². The van der Waals surface area contributed by atoms with Crippen molar-refractivity contribution in [2.75, 3.05) is 0 Å². The first kappa shape index (κ1) is 11.9. The number of nitrogens with zero attached hydrogens (tertiary/aromatic N) is 2. The van der Waals surface area contributed by atoms with Crippen LogP contribution in [0.5, 0.6) is 0 Å². The van der Waals surface area contributed by atoms with Gasteiger partial charge in [0.25, 0.3) is 0 Å². The van der Waals surface area contributed by atoms with Crippen LogP contribution in [0.25, 0.3) is 99.2 Å². The fourth-order valence-electron chi connectivity index (χ4n) is 6.27. The van der Waals surface area contributed by atoms with Crippen LogP contribution in [0.2, 0.25) is 0 Å². The molecule has 11 aromatic rings. The van der Waals surface area contributed by atoms with Crippen LogP contribution in [0.1, 0.15) is 39.8 Å². The first-order chi connectivity index (χ1) is 37.4. The molecule has 11 rings (SSSR count). The summed E-state index contributed by atoms with van der Waals surface area (Å²) in [5, 5.41) is -2.97. The lowest BCUT2D eigenvalue weighted by Crippen LogP contribution is -1.97. The predicted molar refractivity (Wildman–Crippen MR) is 213 cm³/mol. The summed E-state index contributed by atoms with van der Waals surface area (Å²) in [4.78, 5) is 0. The number of rotatable bonds is 4. The Kier molecular flexibility index (Phi) is 2.53. The lowest BCUT2D eigenvalue weighted by atomic mass is 9.98. The summed E-state index contributed by atoms with van der Waals surface area (Å²) >= 11 is 0. The van der Waals surface area contributed by atoms with Gasteiger partial charge in [0.05, 0.1) is 72.9 Å². The molecule has 0 radical (unpaired) electrons. The van der Waals surface area contributed by atoms with Crippen molar-refractivity contribution in [1.82, 2.24) is 9.13 Å². The standard InChI is InChI=1S/C48H30N2O/c1-2-12-31(13-3-1)32-14-10-15-33(28-32)34-24-27-46-40(29-34)48-44(22-11-23-47(48)51-46)50-43-21-9-6-18-38(43)39-26-25-35(30-45(39)50)49-41-19-7-4-16-36(41)37-17-5-8-20-42(37)49/h1-30H/i1D,2D,3D,4D,5D,6D,7D,8D,9D,10D,11D,12D,13D,14D,15D,16D,17D,18D,19D,20D,21D,22D,23D,24D,25D,26D,27D,28D,30D. The van der Waals surface area contributed by atoms with E-state index < -0.39 is 274 Å². The van der Waals surface area contributed by atoms with Gasteiger partial charge < -0.3 is 13.6 Å². The molecule has 3 heterocycles. The van der Waals surface area contributed by atoms with Crippen molar-refractivity contribution in [3.63, 3.8) is 0 Å². The second kappa shape index (κ2) is 10.8. The topological polar surface area (TPSA) is 23.0 Å². The molecule has 3 heteroatoms. The van der Waals surface area contributed by atoms with Crippen LogP contribution in [0.3, 0.4) is 0 Å². The second-order valence-corrected chi connectivity index (χ2v) is 11.1. The molecule has 0 bridgehead atoms. The molecule has 0 saturated carbocycles. The molecule has 3 nitrogen and oxygen atoms in total. The monoisotopic (exact) mass is 679 g/mol. The van der Waals surface area contributed by atoms with E-state index in [2.05, 4.69) is 0 Å². The van der Waals surface area contributed by atoms with Gasteiger partial charge in [-0.15, -0.1) is 0 Å². The Morgan fingerprint density at radius 1 is 0.373 bits per heavy atom. The molecule has 0 aliphatic rings. The van der Waals surface area contributed by atoms with Gasteiger partial charge in [-0.1, -0.05) is 121 Å². The number of para-hydroxylation sites is 3. The van der Waals surface area contributed by atoms with E-state index in [0.29, 0.717) is 0 Å². The fraction of sp³-hybridized carbons (Fsp3) is 0. The summed E-state index contributed by atoms with van der Waals surface area (Å²) in [6.45, 7) is 0. The third kappa shape index (κ3) is 4.19. The molecule has 8 aromatic carbocycles. The highest BCUT2D eigenvalue weighted by Crippen LogP contribution is 2.41. The van der Waals surface area contributed by atoms with Crippen molar-refractivity contribution < 1.29 is 44.2 Å². The minimum atomic E-state index is -0.973. The second-order valence-electron chi connectivity index (χ2n) is 11.1. The zero-order valence-corrected chi connectivity index (χ0v) is 25.4. The normalized spacial score (nSPS) is 19.9. The van der Waals surface area contributed by atoms with E-state index in [4.69, 9.17) is 31.8 Å². The van der Waals surface area contributed by atoms with Crippen molar-refractivity contribution in [3.05, 3.63) is 181 Å². The van der Waals surface area contributed by atoms with E-state index in [-0.39, 0.29) is 0 Å². The molecule has 0 aliphatic heterocycles. The Labute approximate surface area is 334 Å². The third-order valence-electron chi connectivity index (χ3n) is 8.41. The smallest absolute Gasteiger partial charge is 0.137 e. The third-order valence-corrected chi connectivity index (χ3v) is 8.41. The van der Waals surface area contributed by atoms with E-state index in [1.807, 2.05) is 0 Å². The molecule has 51 heavy (non-hydrogen) atoms. The Hall–Kier alpha value is -6.84. The number of furan rings is 1. The molecule has 0 unspecified atom stereocenters. The average molecular weight is 680 g/mol. The summed E-state index contributed by atoms with van der Waals surface area (Å²) in [5.41, 5.74) is -7.87. The molecule has 0 atom stereocenters. The summed E-state index contributed by atoms with van der Waals surface area (Å²) < 4.78 is 268. The van der Waals surface area contributed by atoms with E-state index in [9.17, 15) is 12.3 Å². The van der Waals surface area contributed by atoms with Crippen molar-refractivity contribution in [2.24, 2.45) is 0 Å². The SMILES string of the molecule is [2H]c1c([2H])c([2H])c(-c2c([2H])c([2H])c([2H])c(-c3cc4c(oc5c([2H])c([2H])c([2H])c(-n6c7c([2H])c([2H])c([2H])c([2H])c7c7c([2H])c([2H])c(-n8c9c([2H])c([2H])c([2H])c([2H])c9c9c([2H])c([2H])c([2H])c([2H])c98)c([2H])c76)c54)c([2H])c3[2H])c2[2H])c([2H])c1[2H]. The Morgan fingerprint density at radius 2 is 0.961 bits per heavy atom. The Morgan fingerprint density at radius 3 is 1.69 bits per heavy atom. The van der Waals surface area contributed by atoms with Crippen LogP contribution in [-0.2, 0) is 0 Å². The number of benzene rings is 8. The number of fused-ring (bicyclic) bond motifs is 9. The first-order valence-corrected chi connectivity index (χ1v) is 15.1. The zero-order chi connectivity index (χ0) is 58.7. The molecular weight excluding hydrogens is 621 g/mol. The largest absolute Gasteiger partial charge is 0.456 e. The van der Waals surface area contributed by atoms with Crippen LogP contribution in [0.4, 0.5) is 0 Å². The summed E-state index contributed by atoms with van der Waals surface area (Å²) in [7, 11) is 0. The highest BCUT2D eigenvalue weighted by atomic mass is 16.3. The first-order valence-electron chi connectivity index (χ1n) is 29.6. The van der Waals surface area contributed by atoms with E-state index in [1.165, 1.54) is 0 Å². The van der Waals surface area contributed by atoms with E-state index in [1.54, 1.807) is 0 Å². The number of aromatic nitrogens is 2. The van der Waals surface area contributed by atoms with Gasteiger partial charge in [-0.25, -0.2) is 0 Å². The summed E-state index contributed by atoms with van der Waals surface area (Å²) in [6.07, 6.45) is 0. The minimum Gasteiger partial charge on any atom is -0.456 e. The average Bonchev–Trinajstić information content (AvgIpc) is 3.71. The predicted octanol–water partition coefficient (Wildman–Crippen LogP) is 13.1. The van der Waals surface area contributed by atoms with E-state index in [0.717, 1.165) is 15.2 Å². The maximum Gasteiger partial charge on any atom is 0.137 e. The lowest BCUT2D eigenvalue weighted by Gasteiger charge is -2.12. The highest BCUT2D eigenvalue weighted by molar-refractivity contribution is 6.15. The summed E-state index contributed by atoms with van der Waals surface area (Å²) in [5.74, 6) is 0. The molecule has 0 aliphatic carbocycles. The Balaban J connectivity index is 1.38. The maximum absolute atomic E-state index is 10.2. The maximum atomic E-state index is 10.2.